The molecule has 0 aromatic rings. The SMILES string of the molecule is CCCCC(O)/C=C/C(=O)O[C@@H]1[C@@H](C)[C@H](OC)[C@@](C)(O)[C@H](OC(C)=O)[C@H](C)CO[C@H]1C. The number of esters is 2. The van der Waals surface area contributed by atoms with Crippen LogP contribution in [-0.2, 0) is 28.5 Å². The molecule has 8 heteroatoms. The zero-order valence-corrected chi connectivity index (χ0v) is 19.9. The van der Waals surface area contributed by atoms with Crippen molar-refractivity contribution in [1.82, 2.24) is 0 Å². The maximum atomic E-state index is 12.4. The summed E-state index contributed by atoms with van der Waals surface area (Å²) in [5.74, 6) is -1.93. The number of carbonyl (C=O) groups is 2. The molecule has 1 aliphatic rings. The Hall–Kier alpha value is -1.48. The van der Waals surface area contributed by atoms with Gasteiger partial charge in [-0.1, -0.05) is 33.6 Å². The van der Waals surface area contributed by atoms with Crippen molar-refractivity contribution in [2.45, 2.75) is 96.9 Å². The van der Waals surface area contributed by atoms with Crippen molar-refractivity contribution in [3.8, 4) is 0 Å². The van der Waals surface area contributed by atoms with E-state index in [1.165, 1.54) is 26.2 Å². The molecule has 1 fully saturated rings. The lowest BCUT2D eigenvalue weighted by Crippen LogP contribution is -2.58. The number of hydrogen-bond acceptors (Lipinski definition) is 8. The number of hydrogen-bond donors (Lipinski definition) is 2. The van der Waals surface area contributed by atoms with Gasteiger partial charge in [-0.15, -0.1) is 0 Å². The van der Waals surface area contributed by atoms with E-state index in [1.807, 2.05) is 13.8 Å². The number of unbranched alkanes of at least 4 members (excludes halogenated alkanes) is 1. The first-order chi connectivity index (χ1) is 14.4. The zero-order chi connectivity index (χ0) is 23.8. The minimum atomic E-state index is -1.55. The highest BCUT2D eigenvalue weighted by molar-refractivity contribution is 5.82. The summed E-state index contributed by atoms with van der Waals surface area (Å²) in [4.78, 5) is 24.1. The molecule has 8 atom stereocenters. The Balaban J connectivity index is 3.10. The lowest BCUT2D eigenvalue weighted by molar-refractivity contribution is -0.203. The second-order valence-electron chi connectivity index (χ2n) is 8.76. The van der Waals surface area contributed by atoms with Crippen LogP contribution in [0.3, 0.4) is 0 Å². The van der Waals surface area contributed by atoms with E-state index < -0.39 is 54.0 Å². The van der Waals surface area contributed by atoms with Crippen LogP contribution < -0.4 is 0 Å². The molecular weight excluding hydrogens is 404 g/mol. The smallest absolute Gasteiger partial charge is 0.330 e. The van der Waals surface area contributed by atoms with Crippen LogP contribution in [0.5, 0.6) is 0 Å². The molecule has 1 rings (SSSR count). The molecular formula is C23H40O8. The summed E-state index contributed by atoms with van der Waals surface area (Å²) in [7, 11) is 1.46. The van der Waals surface area contributed by atoms with Gasteiger partial charge in [0, 0.05) is 31.9 Å². The van der Waals surface area contributed by atoms with E-state index in [0.29, 0.717) is 6.42 Å². The molecule has 1 aliphatic heterocycles. The topological polar surface area (TPSA) is 112 Å². The minimum Gasteiger partial charge on any atom is -0.459 e. The van der Waals surface area contributed by atoms with Crippen LogP contribution in [0.4, 0.5) is 0 Å². The van der Waals surface area contributed by atoms with E-state index in [4.69, 9.17) is 18.9 Å². The highest BCUT2D eigenvalue weighted by atomic mass is 16.6. The number of methoxy groups -OCH3 is 1. The Morgan fingerprint density at radius 2 is 1.87 bits per heavy atom. The zero-order valence-electron chi connectivity index (χ0n) is 19.9. The van der Waals surface area contributed by atoms with E-state index in [9.17, 15) is 19.8 Å². The second kappa shape index (κ2) is 12.5. The van der Waals surface area contributed by atoms with Gasteiger partial charge in [0.05, 0.1) is 24.9 Å². The van der Waals surface area contributed by atoms with E-state index in [2.05, 4.69) is 0 Å². The lowest BCUT2D eigenvalue weighted by Gasteiger charge is -2.43. The van der Waals surface area contributed by atoms with Crippen LogP contribution >= 0.6 is 0 Å². The molecule has 0 aromatic carbocycles. The van der Waals surface area contributed by atoms with Gasteiger partial charge in [-0.3, -0.25) is 4.79 Å². The van der Waals surface area contributed by atoms with Crippen molar-refractivity contribution in [3.63, 3.8) is 0 Å². The summed E-state index contributed by atoms with van der Waals surface area (Å²) in [6, 6.07) is 0. The molecule has 1 unspecified atom stereocenters. The summed E-state index contributed by atoms with van der Waals surface area (Å²) in [5, 5.41) is 21.3. The fourth-order valence-electron chi connectivity index (χ4n) is 4.30. The Labute approximate surface area is 185 Å². The molecule has 180 valence electrons. The number of carbonyl (C=O) groups excluding carboxylic acids is 2. The highest BCUT2D eigenvalue weighted by Gasteiger charge is 2.51. The van der Waals surface area contributed by atoms with Gasteiger partial charge < -0.3 is 29.2 Å². The van der Waals surface area contributed by atoms with Gasteiger partial charge >= 0.3 is 11.9 Å². The molecule has 1 saturated heterocycles. The molecule has 1 heterocycles. The third-order valence-corrected chi connectivity index (χ3v) is 5.86. The first-order valence-corrected chi connectivity index (χ1v) is 11.1. The Bertz CT molecular complexity index is 602. The predicted molar refractivity (Wildman–Crippen MR) is 115 cm³/mol. The summed E-state index contributed by atoms with van der Waals surface area (Å²) in [6.07, 6.45) is 1.41. The normalized spacial score (nSPS) is 35.6. The van der Waals surface area contributed by atoms with Gasteiger partial charge in [0.15, 0.2) is 0 Å². The fraction of sp³-hybridized carbons (Fsp3) is 0.826. The largest absolute Gasteiger partial charge is 0.459 e. The number of rotatable bonds is 8. The minimum absolute atomic E-state index is 0.192. The molecule has 0 aromatic heterocycles. The van der Waals surface area contributed by atoms with E-state index in [-0.39, 0.29) is 12.5 Å². The van der Waals surface area contributed by atoms with E-state index in [0.717, 1.165) is 12.8 Å². The quantitative estimate of drug-likeness (QED) is 0.434. The van der Waals surface area contributed by atoms with Crippen LogP contribution in [-0.4, -0.2) is 72.0 Å². The summed E-state index contributed by atoms with van der Waals surface area (Å²) >= 11 is 0. The number of aliphatic hydroxyl groups is 2. The van der Waals surface area contributed by atoms with Gasteiger partial charge in [-0.2, -0.15) is 0 Å². The van der Waals surface area contributed by atoms with Crippen molar-refractivity contribution >= 4 is 11.9 Å². The third kappa shape index (κ3) is 7.86. The first-order valence-electron chi connectivity index (χ1n) is 11.1. The van der Waals surface area contributed by atoms with Gasteiger partial charge in [-0.25, -0.2) is 4.79 Å². The molecule has 8 nitrogen and oxygen atoms in total. The Kier molecular flexibility index (Phi) is 11.1. The average Bonchev–Trinajstić information content (AvgIpc) is 2.71. The average molecular weight is 445 g/mol. The number of ether oxygens (including phenoxy) is 4. The molecule has 0 amide bonds. The fourth-order valence-corrected chi connectivity index (χ4v) is 4.30. The third-order valence-electron chi connectivity index (χ3n) is 5.86. The van der Waals surface area contributed by atoms with Gasteiger partial charge in [0.2, 0.25) is 0 Å². The van der Waals surface area contributed by atoms with Crippen LogP contribution in [0.15, 0.2) is 12.2 Å². The van der Waals surface area contributed by atoms with Crippen LogP contribution in [0, 0.1) is 11.8 Å². The predicted octanol–water partition coefficient (Wildman–Crippen LogP) is 2.39. The molecule has 31 heavy (non-hydrogen) atoms. The van der Waals surface area contributed by atoms with Crippen molar-refractivity contribution in [3.05, 3.63) is 12.2 Å². The maximum absolute atomic E-state index is 12.4. The molecule has 0 aliphatic carbocycles. The van der Waals surface area contributed by atoms with Crippen molar-refractivity contribution in [2.75, 3.05) is 13.7 Å². The summed E-state index contributed by atoms with van der Waals surface area (Å²) in [6.45, 7) is 10.5. The van der Waals surface area contributed by atoms with Gasteiger partial charge in [0.1, 0.15) is 17.8 Å². The molecule has 2 N–H and O–H groups in total. The van der Waals surface area contributed by atoms with Crippen molar-refractivity contribution in [2.24, 2.45) is 11.8 Å². The Morgan fingerprint density at radius 1 is 1.23 bits per heavy atom. The van der Waals surface area contributed by atoms with Crippen LogP contribution in [0.1, 0.15) is 60.8 Å². The first kappa shape index (κ1) is 27.6. The standard InChI is InChI=1S/C23H40O8/c1-8-9-10-18(25)11-12-19(26)31-20-15(3)22(28-7)23(6,27)21(30-17(5)24)14(2)13-29-16(20)4/h11-12,14-16,18,20-22,25,27H,8-10,13H2,1-7H3/b12-11+/t14-,15-,16+,18?,20-,21-,22+,23+/m1/s1. The van der Waals surface area contributed by atoms with Crippen LogP contribution in [0.2, 0.25) is 0 Å². The van der Waals surface area contributed by atoms with E-state index in [1.54, 1.807) is 20.8 Å². The molecule has 0 saturated carbocycles. The van der Waals surface area contributed by atoms with Crippen LogP contribution in [0.25, 0.3) is 0 Å². The molecule has 0 spiro atoms. The lowest BCUT2D eigenvalue weighted by atomic mass is 9.78. The number of aliphatic hydroxyl groups excluding tert-OH is 1. The summed E-state index contributed by atoms with van der Waals surface area (Å²) < 4.78 is 22.7. The second-order valence-corrected chi connectivity index (χ2v) is 8.76. The maximum Gasteiger partial charge on any atom is 0.330 e. The monoisotopic (exact) mass is 444 g/mol. The van der Waals surface area contributed by atoms with E-state index >= 15 is 0 Å². The highest BCUT2D eigenvalue weighted by Crippen LogP contribution is 2.35. The summed E-state index contributed by atoms with van der Waals surface area (Å²) in [5.41, 5.74) is -1.55. The van der Waals surface area contributed by atoms with Gasteiger partial charge in [-0.05, 0) is 26.3 Å². The van der Waals surface area contributed by atoms with Gasteiger partial charge in [0.25, 0.3) is 0 Å². The van der Waals surface area contributed by atoms with Crippen molar-refractivity contribution in [1.29, 1.82) is 0 Å². The molecule has 0 bridgehead atoms. The Morgan fingerprint density at radius 3 is 2.42 bits per heavy atom. The van der Waals surface area contributed by atoms with Crippen molar-refractivity contribution < 1.29 is 38.7 Å². The molecule has 0 radical (unpaired) electrons.